The number of likely N-dealkylation sites (tertiary alicyclic amines) is 1. The van der Waals surface area contributed by atoms with Crippen LogP contribution in [0.1, 0.15) is 55.8 Å². The summed E-state index contributed by atoms with van der Waals surface area (Å²) < 4.78 is 34.7. The molecule has 2 aliphatic carbocycles. The zero-order chi connectivity index (χ0) is 16.7. The van der Waals surface area contributed by atoms with Crippen LogP contribution >= 0.6 is 0 Å². The molecule has 1 saturated heterocycles. The monoisotopic (exact) mass is 334 g/mol. The number of aromatic nitrogens is 1. The van der Waals surface area contributed by atoms with Gasteiger partial charge in [-0.3, -0.25) is 9.78 Å². The summed E-state index contributed by atoms with van der Waals surface area (Å²) in [6.45, 7) is 2.06. The summed E-state index contributed by atoms with van der Waals surface area (Å²) in [5.74, 6) is -0.155. The third-order valence-corrected chi connectivity index (χ3v) is 6.56. The minimum Gasteiger partial charge on any atom is -0.485 e. The first-order valence-electron chi connectivity index (χ1n) is 8.73. The second-order valence-electron chi connectivity index (χ2n) is 8.00. The van der Waals surface area contributed by atoms with E-state index < -0.39 is 16.9 Å². The maximum Gasteiger partial charge on any atom is 0.229 e. The van der Waals surface area contributed by atoms with Gasteiger partial charge in [-0.1, -0.05) is 0 Å². The molecule has 2 aliphatic heterocycles. The molecule has 0 radical (unpaired) electrons. The zero-order valence-corrected chi connectivity index (χ0v) is 13.6. The van der Waals surface area contributed by atoms with E-state index in [4.69, 9.17) is 4.74 Å². The fourth-order valence-electron chi connectivity index (χ4n) is 5.23. The lowest BCUT2D eigenvalue weighted by molar-refractivity contribution is -0.142. The molecule has 0 N–H and O–H groups in total. The number of carbonyl (C=O) groups excluding carboxylic acids is 1. The van der Waals surface area contributed by atoms with Gasteiger partial charge < -0.3 is 9.64 Å². The van der Waals surface area contributed by atoms with E-state index in [2.05, 4.69) is 4.98 Å². The number of carbonyl (C=O) groups is 1. The number of rotatable bonds is 1. The van der Waals surface area contributed by atoms with E-state index in [0.29, 0.717) is 56.3 Å². The molecule has 3 fully saturated rings. The molecule has 3 heterocycles. The van der Waals surface area contributed by atoms with Crippen molar-refractivity contribution in [2.45, 2.75) is 63.3 Å². The first-order chi connectivity index (χ1) is 11.4. The molecule has 2 saturated carbocycles. The van der Waals surface area contributed by atoms with Crippen LogP contribution in [0.25, 0.3) is 0 Å². The van der Waals surface area contributed by atoms with Gasteiger partial charge in [0, 0.05) is 18.2 Å². The molecule has 4 aliphatic rings. The van der Waals surface area contributed by atoms with Crippen LogP contribution in [0, 0.1) is 18.2 Å². The van der Waals surface area contributed by atoms with E-state index in [0.717, 1.165) is 0 Å². The van der Waals surface area contributed by atoms with Crippen molar-refractivity contribution in [3.63, 3.8) is 0 Å². The standard InChI is InChI=1S/C18H20F2N2O2/c1-10-14(19)15-12(7-21-10)13-6-11(24-15)8-22(13)16(23)17-2-4-18(20,9-17)5-3-17/h7,11,13H,2-6,8-9H2,1H3/t11-,13-,17?,18?/m0/s1. The van der Waals surface area contributed by atoms with Crippen molar-refractivity contribution >= 4 is 5.91 Å². The molecule has 1 amide bonds. The van der Waals surface area contributed by atoms with E-state index in [-0.39, 0.29) is 23.8 Å². The Hall–Kier alpha value is -1.72. The molecule has 4 nitrogen and oxygen atoms in total. The average Bonchev–Trinajstić information content (AvgIpc) is 3.21. The van der Waals surface area contributed by atoms with Gasteiger partial charge in [0.1, 0.15) is 11.8 Å². The lowest BCUT2D eigenvalue weighted by atomic mass is 9.82. The molecule has 0 unspecified atom stereocenters. The molecule has 0 spiro atoms. The number of hydrogen-bond donors (Lipinski definition) is 0. The Balaban J connectivity index is 1.50. The number of pyridine rings is 1. The van der Waals surface area contributed by atoms with Crippen LogP contribution in [-0.2, 0) is 4.79 Å². The number of nitrogens with zero attached hydrogens (tertiary/aromatic N) is 2. The van der Waals surface area contributed by atoms with E-state index in [9.17, 15) is 13.6 Å². The Morgan fingerprint density at radius 2 is 2.12 bits per heavy atom. The van der Waals surface area contributed by atoms with E-state index in [1.165, 1.54) is 0 Å². The van der Waals surface area contributed by atoms with Crippen molar-refractivity contribution in [1.29, 1.82) is 0 Å². The number of fused-ring (bicyclic) bond motifs is 6. The number of alkyl halides is 1. The van der Waals surface area contributed by atoms with Gasteiger partial charge in [-0.15, -0.1) is 0 Å². The normalized spacial score (nSPS) is 39.0. The average molecular weight is 334 g/mol. The van der Waals surface area contributed by atoms with Crippen molar-refractivity contribution in [2.24, 2.45) is 5.41 Å². The molecule has 1 aromatic rings. The van der Waals surface area contributed by atoms with Crippen molar-refractivity contribution < 1.29 is 18.3 Å². The van der Waals surface area contributed by atoms with Gasteiger partial charge in [-0.25, -0.2) is 8.78 Å². The molecule has 0 aromatic carbocycles. The van der Waals surface area contributed by atoms with Crippen LogP contribution in [-0.4, -0.2) is 34.1 Å². The Kier molecular flexibility index (Phi) is 2.72. The maximum atomic E-state index is 14.5. The first-order valence-corrected chi connectivity index (χ1v) is 8.73. The van der Waals surface area contributed by atoms with Crippen LogP contribution < -0.4 is 4.74 Å². The van der Waals surface area contributed by atoms with Gasteiger partial charge in [0.2, 0.25) is 5.91 Å². The molecule has 4 bridgehead atoms. The smallest absolute Gasteiger partial charge is 0.229 e. The SMILES string of the molecule is Cc1ncc2c(c1F)O[C@H]1C[C@@H]2N(C(=O)C23CCC(F)(CC2)C3)C1. The lowest BCUT2D eigenvalue weighted by Gasteiger charge is -2.33. The Morgan fingerprint density at radius 1 is 1.38 bits per heavy atom. The summed E-state index contributed by atoms with van der Waals surface area (Å²) in [5, 5.41) is 0. The second kappa shape index (κ2) is 4.46. The van der Waals surface area contributed by atoms with Crippen LogP contribution in [0.15, 0.2) is 6.20 Å². The van der Waals surface area contributed by atoms with Crippen LogP contribution in [0.2, 0.25) is 0 Å². The summed E-state index contributed by atoms with van der Waals surface area (Å²) in [6, 6.07) is -0.196. The van der Waals surface area contributed by atoms with Crippen molar-refractivity contribution in [1.82, 2.24) is 9.88 Å². The van der Waals surface area contributed by atoms with Gasteiger partial charge in [0.25, 0.3) is 0 Å². The summed E-state index contributed by atoms with van der Waals surface area (Å²) >= 11 is 0. The maximum absolute atomic E-state index is 14.5. The lowest BCUT2D eigenvalue weighted by Crippen LogP contribution is -2.41. The number of amides is 1. The Bertz CT molecular complexity index is 743. The quantitative estimate of drug-likeness (QED) is 0.792. The first kappa shape index (κ1) is 14.6. The molecule has 6 heteroatoms. The van der Waals surface area contributed by atoms with Crippen molar-refractivity contribution in [2.75, 3.05) is 6.54 Å². The number of hydrogen-bond acceptors (Lipinski definition) is 3. The summed E-state index contributed by atoms with van der Waals surface area (Å²) in [6.07, 6.45) is 4.69. The molecular formula is C18H20F2N2O2. The van der Waals surface area contributed by atoms with Gasteiger partial charge in [0.05, 0.1) is 23.7 Å². The fraction of sp³-hybridized carbons (Fsp3) is 0.667. The Labute approximate surface area is 139 Å². The molecule has 2 atom stereocenters. The van der Waals surface area contributed by atoms with Crippen molar-refractivity contribution in [3.8, 4) is 5.75 Å². The highest BCUT2D eigenvalue weighted by Crippen LogP contribution is 2.60. The van der Waals surface area contributed by atoms with Crippen LogP contribution in [0.4, 0.5) is 8.78 Å². The summed E-state index contributed by atoms with van der Waals surface area (Å²) in [4.78, 5) is 19.2. The van der Waals surface area contributed by atoms with Gasteiger partial charge >= 0.3 is 0 Å². The van der Waals surface area contributed by atoms with E-state index in [1.54, 1.807) is 13.1 Å². The van der Waals surface area contributed by atoms with E-state index in [1.807, 2.05) is 4.90 Å². The van der Waals surface area contributed by atoms with E-state index >= 15 is 0 Å². The predicted octanol–water partition coefficient (Wildman–Crippen LogP) is 3.24. The summed E-state index contributed by atoms with van der Waals surface area (Å²) in [7, 11) is 0. The second-order valence-corrected chi connectivity index (χ2v) is 8.00. The minimum absolute atomic E-state index is 0.0319. The highest BCUT2D eigenvalue weighted by molar-refractivity contribution is 5.85. The number of halogens is 2. The summed E-state index contributed by atoms with van der Waals surface area (Å²) in [5.41, 5.74) is -0.744. The third-order valence-electron chi connectivity index (χ3n) is 6.56. The Morgan fingerprint density at radius 3 is 2.79 bits per heavy atom. The highest BCUT2D eigenvalue weighted by atomic mass is 19.1. The van der Waals surface area contributed by atoms with Gasteiger partial charge in [-0.2, -0.15) is 0 Å². The topological polar surface area (TPSA) is 42.4 Å². The zero-order valence-electron chi connectivity index (χ0n) is 13.6. The van der Waals surface area contributed by atoms with Crippen molar-refractivity contribution in [3.05, 3.63) is 23.3 Å². The molecule has 24 heavy (non-hydrogen) atoms. The number of ether oxygens (including phenoxy) is 1. The van der Waals surface area contributed by atoms with Crippen LogP contribution in [0.3, 0.4) is 0 Å². The predicted molar refractivity (Wildman–Crippen MR) is 81.8 cm³/mol. The molecule has 5 rings (SSSR count). The van der Waals surface area contributed by atoms with Gasteiger partial charge in [-0.05, 0) is 39.0 Å². The molecule has 128 valence electrons. The fourth-order valence-corrected chi connectivity index (χ4v) is 5.23. The van der Waals surface area contributed by atoms with Crippen LogP contribution in [0.5, 0.6) is 5.75 Å². The molecular weight excluding hydrogens is 314 g/mol. The number of aryl methyl sites for hydroxylation is 1. The van der Waals surface area contributed by atoms with Gasteiger partial charge in [0.15, 0.2) is 11.6 Å². The largest absolute Gasteiger partial charge is 0.485 e. The molecule has 1 aromatic heterocycles. The minimum atomic E-state index is -1.15. The third kappa shape index (κ3) is 1.77. The highest BCUT2D eigenvalue weighted by Gasteiger charge is 2.61.